The van der Waals surface area contributed by atoms with Gasteiger partial charge in [-0.05, 0) is 48.7 Å². The normalized spacial score (nSPS) is 11.5. The average molecular weight is 555 g/mol. The summed E-state index contributed by atoms with van der Waals surface area (Å²) in [5, 5.41) is 12.6. The largest absolute Gasteiger partial charge is 0.492 e. The monoisotopic (exact) mass is 554 g/mol. The summed E-state index contributed by atoms with van der Waals surface area (Å²) in [7, 11) is 0. The number of carbonyl (C=O) groups excluding carboxylic acids is 1. The molecule has 208 valence electrons. The highest BCUT2D eigenvalue weighted by Crippen LogP contribution is 2.21. The van der Waals surface area contributed by atoms with Gasteiger partial charge in [0.1, 0.15) is 12.4 Å². The van der Waals surface area contributed by atoms with Gasteiger partial charge in [-0.3, -0.25) is 0 Å². The maximum atomic E-state index is 13.0. The van der Waals surface area contributed by atoms with E-state index < -0.39 is 12.1 Å². The average Bonchev–Trinajstić information content (AvgIpc) is 2.94. The molecule has 0 spiro atoms. The first-order valence-corrected chi connectivity index (χ1v) is 13.3. The Labute approximate surface area is 234 Å². The lowest BCUT2D eigenvalue weighted by Crippen LogP contribution is -2.39. The van der Waals surface area contributed by atoms with E-state index in [0.717, 1.165) is 11.1 Å². The number of carboxylic acid groups (broad SMARTS) is 1. The van der Waals surface area contributed by atoms with E-state index in [0.29, 0.717) is 55.8 Å². The maximum Gasteiger partial charge on any atom is 0.333 e. The van der Waals surface area contributed by atoms with Gasteiger partial charge in [-0.15, -0.1) is 0 Å². The molecule has 39 heavy (non-hydrogen) atoms. The van der Waals surface area contributed by atoms with Crippen LogP contribution < -0.4 is 10.1 Å². The van der Waals surface area contributed by atoms with Crippen molar-refractivity contribution in [1.82, 2.24) is 4.90 Å². The summed E-state index contributed by atoms with van der Waals surface area (Å²) in [4.78, 5) is 26.0. The molecule has 0 saturated carbocycles. The molecule has 2 amide bonds. The van der Waals surface area contributed by atoms with Gasteiger partial charge in [0.2, 0.25) is 0 Å². The van der Waals surface area contributed by atoms with Gasteiger partial charge < -0.3 is 29.5 Å². The molecular weight excluding hydrogens is 520 g/mol. The van der Waals surface area contributed by atoms with E-state index in [1.807, 2.05) is 48.5 Å². The molecule has 0 aliphatic heterocycles. The molecule has 0 aliphatic rings. The number of ether oxygens (including phenoxy) is 3. The van der Waals surface area contributed by atoms with Gasteiger partial charge in [0.15, 0.2) is 6.10 Å². The van der Waals surface area contributed by atoms with Crippen LogP contribution in [0.2, 0.25) is 5.02 Å². The number of anilines is 1. The lowest BCUT2D eigenvalue weighted by atomic mass is 10.1. The summed E-state index contributed by atoms with van der Waals surface area (Å²) in [5.74, 6) is -0.363. The standard InChI is InChI=1S/C30H35ClN2O6/c1-2-38-28(29(34)35)21-23-13-15-25(16-14-23)39-20-18-33(30(36)32-27-12-7-6-11-26(27)31)17-8-19-37-22-24-9-4-3-5-10-24/h3-7,9-16,28H,2,8,17-22H2,1H3,(H,32,36)(H,34,35). The SMILES string of the molecule is CCOC(Cc1ccc(OCCN(CCCOCc2ccccc2)C(=O)Nc2ccccc2Cl)cc1)C(=O)O. The Hall–Kier alpha value is -3.59. The van der Waals surface area contributed by atoms with Crippen LogP contribution in [-0.2, 0) is 27.3 Å². The second-order valence-corrected chi connectivity index (χ2v) is 9.17. The molecule has 3 aromatic carbocycles. The first kappa shape index (κ1) is 30.0. The van der Waals surface area contributed by atoms with Crippen molar-refractivity contribution in [2.75, 3.05) is 38.2 Å². The first-order valence-electron chi connectivity index (χ1n) is 12.9. The molecule has 1 unspecified atom stereocenters. The summed E-state index contributed by atoms with van der Waals surface area (Å²) < 4.78 is 16.9. The Morgan fingerprint density at radius 3 is 2.33 bits per heavy atom. The number of hydrogen-bond acceptors (Lipinski definition) is 5. The number of halogens is 1. The lowest BCUT2D eigenvalue weighted by molar-refractivity contribution is -0.149. The van der Waals surface area contributed by atoms with Gasteiger partial charge in [0.05, 0.1) is 23.9 Å². The molecule has 9 heteroatoms. The minimum atomic E-state index is -0.988. The number of hydrogen-bond donors (Lipinski definition) is 2. The Balaban J connectivity index is 1.51. The van der Waals surface area contributed by atoms with Crippen LogP contribution in [0.4, 0.5) is 10.5 Å². The quantitative estimate of drug-likeness (QED) is 0.214. The third-order valence-corrected chi connectivity index (χ3v) is 6.18. The van der Waals surface area contributed by atoms with Crippen LogP contribution in [0.3, 0.4) is 0 Å². The van der Waals surface area contributed by atoms with Crippen LogP contribution >= 0.6 is 11.6 Å². The highest BCUT2D eigenvalue weighted by Gasteiger charge is 2.18. The maximum absolute atomic E-state index is 13.0. The van der Waals surface area contributed by atoms with Crippen LogP contribution in [0.25, 0.3) is 0 Å². The van der Waals surface area contributed by atoms with Crippen molar-refractivity contribution in [2.24, 2.45) is 0 Å². The zero-order valence-electron chi connectivity index (χ0n) is 22.1. The van der Waals surface area contributed by atoms with Gasteiger partial charge >= 0.3 is 12.0 Å². The number of amides is 2. The number of nitrogens with one attached hydrogen (secondary N) is 1. The van der Waals surface area contributed by atoms with Gasteiger partial charge in [0, 0.05) is 26.2 Å². The minimum absolute atomic E-state index is 0.270. The predicted octanol–water partition coefficient (Wildman–Crippen LogP) is 5.89. The molecule has 0 aliphatic carbocycles. The number of rotatable bonds is 16. The van der Waals surface area contributed by atoms with Crippen molar-refractivity contribution in [2.45, 2.75) is 32.5 Å². The van der Waals surface area contributed by atoms with E-state index in [9.17, 15) is 14.7 Å². The Morgan fingerprint density at radius 2 is 1.64 bits per heavy atom. The molecule has 0 radical (unpaired) electrons. The van der Waals surface area contributed by atoms with Crippen molar-refractivity contribution >= 4 is 29.3 Å². The fraction of sp³-hybridized carbons (Fsp3) is 0.333. The molecule has 3 aromatic rings. The Kier molecular flexibility index (Phi) is 12.6. The molecule has 0 fully saturated rings. The molecule has 8 nitrogen and oxygen atoms in total. The smallest absolute Gasteiger partial charge is 0.333 e. The third kappa shape index (κ3) is 10.6. The van der Waals surface area contributed by atoms with E-state index in [-0.39, 0.29) is 19.1 Å². The molecular formula is C30H35ClN2O6. The molecule has 2 N–H and O–H groups in total. The highest BCUT2D eigenvalue weighted by molar-refractivity contribution is 6.33. The van der Waals surface area contributed by atoms with Crippen LogP contribution in [0.1, 0.15) is 24.5 Å². The van der Waals surface area contributed by atoms with Gasteiger partial charge in [0.25, 0.3) is 0 Å². The number of carboxylic acids is 1. The summed E-state index contributed by atoms with van der Waals surface area (Å²) in [6.07, 6.45) is 0.0389. The second-order valence-electron chi connectivity index (χ2n) is 8.77. The minimum Gasteiger partial charge on any atom is -0.492 e. The van der Waals surface area contributed by atoms with Gasteiger partial charge in [-0.2, -0.15) is 0 Å². The van der Waals surface area contributed by atoms with Crippen molar-refractivity contribution in [3.8, 4) is 5.75 Å². The number of aliphatic carboxylic acids is 1. The fourth-order valence-electron chi connectivity index (χ4n) is 3.82. The Bertz CT molecular complexity index is 1160. The molecule has 3 rings (SSSR count). The van der Waals surface area contributed by atoms with Crippen LogP contribution in [0, 0.1) is 0 Å². The Morgan fingerprint density at radius 1 is 0.923 bits per heavy atom. The zero-order valence-corrected chi connectivity index (χ0v) is 22.8. The summed E-state index contributed by atoms with van der Waals surface area (Å²) in [6, 6.07) is 23.9. The number of nitrogens with zero attached hydrogens (tertiary/aromatic N) is 1. The second kappa shape index (κ2) is 16.4. The van der Waals surface area contributed by atoms with E-state index in [1.54, 1.807) is 42.2 Å². The summed E-state index contributed by atoms with van der Waals surface area (Å²) in [6.45, 7) is 4.22. The lowest BCUT2D eigenvalue weighted by Gasteiger charge is -2.23. The zero-order chi connectivity index (χ0) is 27.9. The topological polar surface area (TPSA) is 97.3 Å². The van der Waals surface area contributed by atoms with E-state index in [2.05, 4.69) is 5.32 Å². The van der Waals surface area contributed by atoms with Gasteiger partial charge in [-0.1, -0.05) is 66.2 Å². The van der Waals surface area contributed by atoms with Crippen molar-refractivity contribution in [3.63, 3.8) is 0 Å². The van der Waals surface area contributed by atoms with Gasteiger partial charge in [-0.25, -0.2) is 9.59 Å². The van der Waals surface area contributed by atoms with E-state index in [4.69, 9.17) is 25.8 Å². The number of carbonyl (C=O) groups is 2. The summed E-state index contributed by atoms with van der Waals surface area (Å²) >= 11 is 6.22. The molecule has 1 atom stereocenters. The molecule has 0 bridgehead atoms. The van der Waals surface area contributed by atoms with E-state index in [1.165, 1.54) is 0 Å². The fourth-order valence-corrected chi connectivity index (χ4v) is 4.00. The van der Waals surface area contributed by atoms with Crippen molar-refractivity contribution < 1.29 is 28.9 Å². The first-order chi connectivity index (χ1) is 19.0. The molecule has 0 saturated heterocycles. The van der Waals surface area contributed by atoms with Crippen LogP contribution in [0.5, 0.6) is 5.75 Å². The van der Waals surface area contributed by atoms with E-state index >= 15 is 0 Å². The summed E-state index contributed by atoms with van der Waals surface area (Å²) in [5.41, 5.74) is 2.47. The number of benzene rings is 3. The third-order valence-electron chi connectivity index (χ3n) is 5.85. The molecule has 0 heterocycles. The van der Waals surface area contributed by atoms with Crippen LogP contribution in [-0.4, -0.2) is 61.0 Å². The van der Waals surface area contributed by atoms with Crippen LogP contribution in [0.15, 0.2) is 78.9 Å². The number of urea groups is 1. The molecule has 0 aromatic heterocycles. The van der Waals surface area contributed by atoms with Crippen molar-refractivity contribution in [1.29, 1.82) is 0 Å². The predicted molar refractivity (Wildman–Crippen MR) is 151 cm³/mol. The van der Waals surface area contributed by atoms with Crippen molar-refractivity contribution in [3.05, 3.63) is 95.0 Å². The number of para-hydroxylation sites is 1. The highest BCUT2D eigenvalue weighted by atomic mass is 35.5.